The number of rotatable bonds is 5. The molecule has 5 heteroatoms. The van der Waals surface area contributed by atoms with Gasteiger partial charge in [-0.25, -0.2) is 4.79 Å². The van der Waals surface area contributed by atoms with E-state index in [9.17, 15) is 19.5 Å². The molecule has 0 atom stereocenters. The molecule has 3 aromatic rings. The van der Waals surface area contributed by atoms with E-state index in [1.54, 1.807) is 60.7 Å². The molecule has 0 unspecified atom stereocenters. The van der Waals surface area contributed by atoms with E-state index in [0.717, 1.165) is 11.6 Å². The standard InChI is InChI=1S/C27H22O5/c1-16(2)18-11-13-23(27(32)25(30)20-9-5-6-10-21(20)26(27)31)22(15-18)19-8-4-3-7-17(19)12-14-24(28)29/h3-16,32H,1-2H3,(H,28,29)/b14-12+. The van der Waals surface area contributed by atoms with Crippen LogP contribution in [0, 0.1) is 0 Å². The van der Waals surface area contributed by atoms with Gasteiger partial charge in [0.15, 0.2) is 0 Å². The number of carboxylic acid groups (broad SMARTS) is 1. The molecular formula is C27H22O5. The summed E-state index contributed by atoms with van der Waals surface area (Å²) in [4.78, 5) is 37.6. The summed E-state index contributed by atoms with van der Waals surface area (Å²) in [6, 6.07) is 18.8. The Balaban J connectivity index is 1.99. The number of benzene rings is 3. The van der Waals surface area contributed by atoms with E-state index in [-0.39, 0.29) is 22.6 Å². The molecule has 0 saturated heterocycles. The number of hydrogen-bond donors (Lipinski definition) is 2. The van der Waals surface area contributed by atoms with Crippen LogP contribution in [0.15, 0.2) is 72.8 Å². The van der Waals surface area contributed by atoms with Crippen molar-refractivity contribution in [1.29, 1.82) is 0 Å². The van der Waals surface area contributed by atoms with Gasteiger partial charge in [0, 0.05) is 22.8 Å². The molecule has 0 fully saturated rings. The smallest absolute Gasteiger partial charge is 0.328 e. The molecule has 1 aliphatic carbocycles. The van der Waals surface area contributed by atoms with Crippen molar-refractivity contribution in [3.63, 3.8) is 0 Å². The van der Waals surface area contributed by atoms with E-state index in [0.29, 0.717) is 16.7 Å². The predicted octanol–water partition coefficient (Wildman–Crippen LogP) is 4.84. The van der Waals surface area contributed by atoms with Gasteiger partial charge in [-0.15, -0.1) is 0 Å². The van der Waals surface area contributed by atoms with Gasteiger partial charge in [0.2, 0.25) is 17.2 Å². The minimum absolute atomic E-state index is 0.159. The number of ketones is 2. The lowest BCUT2D eigenvalue weighted by Crippen LogP contribution is -2.38. The summed E-state index contributed by atoms with van der Waals surface area (Å²) in [5.74, 6) is -2.25. The summed E-state index contributed by atoms with van der Waals surface area (Å²) >= 11 is 0. The molecule has 0 aliphatic heterocycles. The first-order valence-electron chi connectivity index (χ1n) is 10.3. The molecule has 32 heavy (non-hydrogen) atoms. The molecule has 160 valence electrons. The lowest BCUT2D eigenvalue weighted by atomic mass is 9.81. The minimum atomic E-state index is -2.35. The zero-order valence-electron chi connectivity index (χ0n) is 17.7. The van der Waals surface area contributed by atoms with Gasteiger partial charge in [-0.1, -0.05) is 80.6 Å². The number of carbonyl (C=O) groups is 3. The first-order valence-corrected chi connectivity index (χ1v) is 10.3. The zero-order valence-corrected chi connectivity index (χ0v) is 17.7. The molecule has 5 nitrogen and oxygen atoms in total. The van der Waals surface area contributed by atoms with Gasteiger partial charge in [-0.3, -0.25) is 9.59 Å². The molecule has 0 spiro atoms. The van der Waals surface area contributed by atoms with Gasteiger partial charge in [-0.2, -0.15) is 0 Å². The number of aliphatic carboxylic acids is 1. The molecule has 0 saturated carbocycles. The molecule has 0 heterocycles. The van der Waals surface area contributed by atoms with Crippen molar-refractivity contribution in [3.8, 4) is 11.1 Å². The highest BCUT2D eigenvalue weighted by Crippen LogP contribution is 2.43. The maximum atomic E-state index is 13.3. The molecule has 2 N–H and O–H groups in total. The van der Waals surface area contributed by atoms with Gasteiger partial charge in [0.05, 0.1) is 0 Å². The van der Waals surface area contributed by atoms with Crippen molar-refractivity contribution in [2.75, 3.05) is 0 Å². The van der Waals surface area contributed by atoms with Gasteiger partial charge in [0.1, 0.15) is 0 Å². The van der Waals surface area contributed by atoms with Crippen molar-refractivity contribution in [2.24, 2.45) is 0 Å². The number of hydrogen-bond acceptors (Lipinski definition) is 4. The third-order valence-electron chi connectivity index (χ3n) is 5.83. The van der Waals surface area contributed by atoms with Crippen molar-refractivity contribution in [1.82, 2.24) is 0 Å². The van der Waals surface area contributed by atoms with Gasteiger partial charge in [0.25, 0.3) is 0 Å². The van der Waals surface area contributed by atoms with Crippen LogP contribution in [0.2, 0.25) is 0 Å². The Labute approximate surface area is 185 Å². The van der Waals surface area contributed by atoms with Crippen LogP contribution in [0.4, 0.5) is 0 Å². The fourth-order valence-electron chi connectivity index (χ4n) is 4.12. The lowest BCUT2D eigenvalue weighted by molar-refractivity contribution is -0.131. The van der Waals surface area contributed by atoms with Crippen LogP contribution in [-0.4, -0.2) is 27.7 Å². The number of fused-ring (bicyclic) bond motifs is 1. The molecular weight excluding hydrogens is 404 g/mol. The Hall–Kier alpha value is -3.83. The maximum Gasteiger partial charge on any atom is 0.328 e. The highest BCUT2D eigenvalue weighted by Gasteiger charge is 2.54. The number of carboxylic acids is 1. The van der Waals surface area contributed by atoms with E-state index in [2.05, 4.69) is 0 Å². The molecule has 0 bridgehead atoms. The lowest BCUT2D eigenvalue weighted by Gasteiger charge is -2.25. The maximum absolute atomic E-state index is 13.3. The summed E-state index contributed by atoms with van der Waals surface area (Å²) in [5.41, 5.74) is 0.903. The molecule has 0 aromatic heterocycles. The SMILES string of the molecule is CC(C)c1ccc(C2(O)C(=O)c3ccccc3C2=O)c(-c2ccccc2/C=C/C(=O)O)c1. The van der Waals surface area contributed by atoms with E-state index < -0.39 is 23.1 Å². The molecule has 4 rings (SSSR count). The van der Waals surface area contributed by atoms with Crippen LogP contribution in [0.3, 0.4) is 0 Å². The number of Topliss-reactive ketones (excluding diaryl/α,β-unsaturated/α-hetero) is 2. The molecule has 0 radical (unpaired) electrons. The van der Waals surface area contributed by atoms with Crippen molar-refractivity contribution in [2.45, 2.75) is 25.4 Å². The van der Waals surface area contributed by atoms with E-state index in [4.69, 9.17) is 5.11 Å². The van der Waals surface area contributed by atoms with Crippen LogP contribution < -0.4 is 0 Å². The Kier molecular flexibility index (Phi) is 5.36. The van der Waals surface area contributed by atoms with E-state index in [1.165, 1.54) is 6.08 Å². The van der Waals surface area contributed by atoms with E-state index >= 15 is 0 Å². The van der Waals surface area contributed by atoms with Crippen molar-refractivity contribution < 1.29 is 24.6 Å². The predicted molar refractivity (Wildman–Crippen MR) is 122 cm³/mol. The first-order chi connectivity index (χ1) is 15.2. The summed E-state index contributed by atoms with van der Waals surface area (Å²) < 4.78 is 0. The molecule has 1 aliphatic rings. The quantitative estimate of drug-likeness (QED) is 0.450. The van der Waals surface area contributed by atoms with Crippen LogP contribution in [0.5, 0.6) is 0 Å². The minimum Gasteiger partial charge on any atom is -0.478 e. The van der Waals surface area contributed by atoms with Crippen LogP contribution in [-0.2, 0) is 10.4 Å². The van der Waals surface area contributed by atoms with E-state index in [1.807, 2.05) is 19.9 Å². The Morgan fingerprint density at radius 3 is 1.97 bits per heavy atom. The molecule has 0 amide bonds. The molecule has 3 aromatic carbocycles. The summed E-state index contributed by atoms with van der Waals surface area (Å²) in [6.07, 6.45) is 2.49. The van der Waals surface area contributed by atoms with Crippen LogP contribution in [0.25, 0.3) is 17.2 Å². The van der Waals surface area contributed by atoms with Gasteiger partial charge >= 0.3 is 5.97 Å². The Morgan fingerprint density at radius 1 is 0.844 bits per heavy atom. The second kappa shape index (κ2) is 8.02. The fraction of sp³-hybridized carbons (Fsp3) is 0.148. The summed E-state index contributed by atoms with van der Waals surface area (Å²) in [7, 11) is 0. The topological polar surface area (TPSA) is 91.7 Å². The summed E-state index contributed by atoms with van der Waals surface area (Å²) in [6.45, 7) is 4.04. The largest absolute Gasteiger partial charge is 0.478 e. The third-order valence-corrected chi connectivity index (χ3v) is 5.83. The Morgan fingerprint density at radius 2 is 1.41 bits per heavy atom. The number of aliphatic hydroxyl groups is 1. The van der Waals surface area contributed by atoms with Gasteiger partial charge < -0.3 is 10.2 Å². The normalized spacial score (nSPS) is 14.9. The highest BCUT2D eigenvalue weighted by molar-refractivity contribution is 6.32. The fourth-order valence-corrected chi connectivity index (χ4v) is 4.12. The highest BCUT2D eigenvalue weighted by atomic mass is 16.4. The second-order valence-corrected chi connectivity index (χ2v) is 8.13. The summed E-state index contributed by atoms with van der Waals surface area (Å²) in [5, 5.41) is 20.7. The average Bonchev–Trinajstić information content (AvgIpc) is 2.99. The Bertz CT molecular complexity index is 1250. The van der Waals surface area contributed by atoms with Crippen LogP contribution in [0.1, 0.15) is 57.2 Å². The van der Waals surface area contributed by atoms with Crippen molar-refractivity contribution in [3.05, 3.63) is 101 Å². The van der Waals surface area contributed by atoms with Crippen LogP contribution >= 0.6 is 0 Å². The zero-order chi connectivity index (χ0) is 23.0. The third kappa shape index (κ3) is 3.37. The van der Waals surface area contributed by atoms with Gasteiger partial charge in [-0.05, 0) is 34.2 Å². The van der Waals surface area contributed by atoms with Crippen molar-refractivity contribution >= 4 is 23.6 Å². The second-order valence-electron chi connectivity index (χ2n) is 8.13. The first kappa shape index (κ1) is 21.4. The monoisotopic (exact) mass is 426 g/mol. The number of carbonyl (C=O) groups excluding carboxylic acids is 2. The average molecular weight is 426 g/mol.